The molecule has 0 unspecified atom stereocenters. The molecule has 3 nitrogen and oxygen atoms in total. The molecule has 0 atom stereocenters. The first-order valence-electron chi connectivity index (χ1n) is 10.6. The summed E-state index contributed by atoms with van der Waals surface area (Å²) in [5, 5.41) is 0. The van der Waals surface area contributed by atoms with Gasteiger partial charge in [0.25, 0.3) is 0 Å². The molecule has 0 bridgehead atoms. The van der Waals surface area contributed by atoms with Crippen molar-refractivity contribution in [3.05, 3.63) is 89.9 Å². The Morgan fingerprint density at radius 2 is 1.67 bits per heavy atom. The third-order valence-electron chi connectivity index (χ3n) is 4.61. The van der Waals surface area contributed by atoms with E-state index in [0.29, 0.717) is 12.8 Å². The molecule has 0 aliphatic rings. The first kappa shape index (κ1) is 24.2. The number of aromatic nitrogens is 2. The number of hydrogen-bond donors (Lipinski definition) is 0. The van der Waals surface area contributed by atoms with Gasteiger partial charge in [0, 0.05) is 25.5 Å². The Labute approximate surface area is 190 Å². The van der Waals surface area contributed by atoms with Crippen molar-refractivity contribution in [2.45, 2.75) is 46.2 Å². The summed E-state index contributed by atoms with van der Waals surface area (Å²) in [5.74, 6) is 0. The highest BCUT2D eigenvalue weighted by molar-refractivity contribution is 9.11. The fourth-order valence-corrected chi connectivity index (χ4v) is 3.29. The number of halogens is 1. The molecule has 3 rings (SSSR count). The van der Waals surface area contributed by atoms with E-state index in [1.54, 1.807) is 6.20 Å². The van der Waals surface area contributed by atoms with E-state index in [1.165, 1.54) is 15.4 Å². The van der Waals surface area contributed by atoms with Gasteiger partial charge < -0.3 is 9.30 Å². The molecular weight excluding hydrogens is 435 g/mol. The van der Waals surface area contributed by atoms with E-state index in [2.05, 4.69) is 113 Å². The quantitative estimate of drug-likeness (QED) is 0.316. The van der Waals surface area contributed by atoms with Gasteiger partial charge in [-0.15, -0.1) is 0 Å². The van der Waals surface area contributed by atoms with Crippen LogP contribution in [0.4, 0.5) is 0 Å². The maximum Gasteiger partial charge on any atom is 0.213 e. The van der Waals surface area contributed by atoms with Gasteiger partial charge >= 0.3 is 0 Å². The number of imidazole rings is 1. The molecule has 0 aliphatic heterocycles. The summed E-state index contributed by atoms with van der Waals surface area (Å²) in [7, 11) is 0. The average molecular weight is 467 g/mol. The van der Waals surface area contributed by atoms with Gasteiger partial charge in [-0.05, 0) is 38.0 Å². The molecule has 0 saturated carbocycles. The zero-order valence-corrected chi connectivity index (χ0v) is 19.8. The molecule has 0 fully saturated rings. The lowest BCUT2D eigenvalue weighted by Gasteiger charge is -2.12. The molecule has 158 valence electrons. The van der Waals surface area contributed by atoms with Crippen LogP contribution in [0.2, 0.25) is 6.32 Å². The Hall–Kier alpha value is -2.11. The topological polar surface area (TPSA) is 27.1 Å². The maximum absolute atomic E-state index is 5.41. The Morgan fingerprint density at radius 3 is 2.13 bits per heavy atom. The monoisotopic (exact) mass is 466 g/mol. The number of hydrogen-bond acceptors (Lipinski definition) is 2. The van der Waals surface area contributed by atoms with E-state index in [4.69, 9.17) is 4.74 Å². The SMILES string of the molecule is CC(Br)=CCB(c1ccccc1)c1ccccc1.CC(C)OCCCn1ccnc1. The third kappa shape index (κ3) is 9.60. The van der Waals surface area contributed by atoms with E-state index < -0.39 is 0 Å². The van der Waals surface area contributed by atoms with Crippen LogP contribution in [0.5, 0.6) is 0 Å². The summed E-state index contributed by atoms with van der Waals surface area (Å²) < 4.78 is 8.66. The highest BCUT2D eigenvalue weighted by atomic mass is 79.9. The summed E-state index contributed by atoms with van der Waals surface area (Å²) in [6.45, 7) is 8.43. The zero-order chi connectivity index (χ0) is 21.6. The van der Waals surface area contributed by atoms with Crippen LogP contribution in [0.25, 0.3) is 0 Å². The maximum atomic E-state index is 5.41. The van der Waals surface area contributed by atoms with E-state index in [9.17, 15) is 0 Å². The van der Waals surface area contributed by atoms with Crippen molar-refractivity contribution in [3.8, 4) is 0 Å². The van der Waals surface area contributed by atoms with Crippen LogP contribution >= 0.6 is 15.9 Å². The third-order valence-corrected chi connectivity index (χ3v) is 4.93. The zero-order valence-electron chi connectivity index (χ0n) is 18.2. The van der Waals surface area contributed by atoms with Gasteiger partial charge in [-0.3, -0.25) is 0 Å². The second-order valence-corrected chi connectivity index (χ2v) is 8.72. The Kier molecular flexibility index (Phi) is 11.3. The van der Waals surface area contributed by atoms with Crippen molar-refractivity contribution in [2.75, 3.05) is 6.61 Å². The molecule has 1 aromatic heterocycles. The largest absolute Gasteiger partial charge is 0.379 e. The molecule has 0 aliphatic carbocycles. The average Bonchev–Trinajstić information content (AvgIpc) is 3.27. The molecule has 2 aromatic carbocycles. The first-order valence-corrected chi connectivity index (χ1v) is 11.3. The van der Waals surface area contributed by atoms with Gasteiger partial charge in [-0.25, -0.2) is 4.98 Å². The van der Waals surface area contributed by atoms with E-state index >= 15 is 0 Å². The van der Waals surface area contributed by atoms with Gasteiger partial charge in [0.15, 0.2) is 0 Å². The first-order chi connectivity index (χ1) is 14.6. The Morgan fingerprint density at radius 1 is 1.07 bits per heavy atom. The predicted molar refractivity (Wildman–Crippen MR) is 133 cm³/mol. The van der Waals surface area contributed by atoms with Crippen molar-refractivity contribution in [2.24, 2.45) is 0 Å². The minimum absolute atomic E-state index is 0.341. The van der Waals surface area contributed by atoms with Crippen molar-refractivity contribution >= 4 is 33.6 Å². The summed E-state index contributed by atoms with van der Waals surface area (Å²) in [4.78, 5) is 3.96. The molecule has 0 N–H and O–H groups in total. The minimum atomic E-state index is 0.341. The molecule has 3 aromatic rings. The summed E-state index contributed by atoms with van der Waals surface area (Å²) >= 11 is 3.51. The summed E-state index contributed by atoms with van der Waals surface area (Å²) in [5.41, 5.74) is 2.74. The van der Waals surface area contributed by atoms with E-state index in [0.717, 1.165) is 25.9 Å². The molecule has 0 radical (unpaired) electrons. The Bertz CT molecular complexity index is 793. The molecule has 0 spiro atoms. The minimum Gasteiger partial charge on any atom is -0.379 e. The fraction of sp³-hybridized carbons (Fsp3) is 0.320. The summed E-state index contributed by atoms with van der Waals surface area (Å²) in [6.07, 6.45) is 10.2. The van der Waals surface area contributed by atoms with Gasteiger partial charge in [0.2, 0.25) is 6.71 Å². The van der Waals surface area contributed by atoms with Crippen LogP contribution < -0.4 is 10.9 Å². The number of aryl methyl sites for hydroxylation is 1. The Balaban J connectivity index is 0.000000232. The van der Waals surface area contributed by atoms with Crippen LogP contribution in [0, 0.1) is 0 Å². The van der Waals surface area contributed by atoms with Crippen molar-refractivity contribution < 1.29 is 4.74 Å². The fourth-order valence-electron chi connectivity index (χ4n) is 3.10. The van der Waals surface area contributed by atoms with Crippen LogP contribution in [0.3, 0.4) is 0 Å². The van der Waals surface area contributed by atoms with Gasteiger partial charge in [0.1, 0.15) is 0 Å². The van der Waals surface area contributed by atoms with Gasteiger partial charge in [-0.1, -0.05) is 93.6 Å². The lowest BCUT2D eigenvalue weighted by Crippen LogP contribution is -2.41. The van der Waals surface area contributed by atoms with Gasteiger partial charge in [-0.2, -0.15) is 0 Å². The second-order valence-electron chi connectivity index (χ2n) is 7.47. The number of benzene rings is 2. The number of nitrogens with zero attached hydrogens (tertiary/aromatic N) is 2. The molecular formula is C25H32BBrN2O. The number of allylic oxidation sites excluding steroid dienone is 2. The van der Waals surface area contributed by atoms with Gasteiger partial charge in [0.05, 0.1) is 12.4 Å². The molecule has 0 amide bonds. The van der Waals surface area contributed by atoms with Crippen LogP contribution in [0.1, 0.15) is 27.2 Å². The number of rotatable bonds is 9. The van der Waals surface area contributed by atoms with E-state index in [-0.39, 0.29) is 0 Å². The van der Waals surface area contributed by atoms with Crippen molar-refractivity contribution in [3.63, 3.8) is 0 Å². The molecule has 1 heterocycles. The highest BCUT2D eigenvalue weighted by Crippen LogP contribution is 2.07. The standard InChI is InChI=1S/C16H16BBr.C9H16N2O/c1-14(18)12-13-17(15-8-4-2-5-9-15)16-10-6-3-7-11-16;1-9(2)12-7-3-5-11-6-4-10-8-11/h2-12H,13H2,1H3;4,6,8-9H,3,5,7H2,1-2H3. The van der Waals surface area contributed by atoms with Crippen LogP contribution in [0.15, 0.2) is 89.9 Å². The molecule has 30 heavy (non-hydrogen) atoms. The van der Waals surface area contributed by atoms with Crippen LogP contribution in [-0.4, -0.2) is 29.0 Å². The predicted octanol–water partition coefficient (Wildman–Crippen LogP) is 5.29. The van der Waals surface area contributed by atoms with Crippen molar-refractivity contribution in [1.82, 2.24) is 9.55 Å². The summed E-state index contributed by atoms with van der Waals surface area (Å²) in [6, 6.07) is 21.4. The van der Waals surface area contributed by atoms with Crippen molar-refractivity contribution in [1.29, 1.82) is 0 Å². The smallest absolute Gasteiger partial charge is 0.213 e. The lowest BCUT2D eigenvalue weighted by atomic mass is 9.39. The molecule has 0 saturated heterocycles. The normalized spacial score (nSPS) is 11.2. The second kappa shape index (κ2) is 14.0. The highest BCUT2D eigenvalue weighted by Gasteiger charge is 2.16. The van der Waals surface area contributed by atoms with Crippen LogP contribution in [-0.2, 0) is 11.3 Å². The number of ether oxygens (including phenoxy) is 1. The lowest BCUT2D eigenvalue weighted by molar-refractivity contribution is 0.0748. The van der Waals surface area contributed by atoms with E-state index in [1.807, 2.05) is 12.5 Å². The molecule has 5 heteroatoms.